The van der Waals surface area contributed by atoms with E-state index in [1.54, 1.807) is 11.0 Å². The number of amides is 1. The standard InChI is InChI=1S/C15H16BrNO3/c16-13-6-3-11(4-7-13)5-8-14(18)17-9-1-2-12(10-17)15(19)20/h3-8,12H,1-2,9-10H2,(H,19,20)/b8-5+/t12-/m1/s1. The van der Waals surface area contributed by atoms with Crippen molar-refractivity contribution in [1.29, 1.82) is 0 Å². The highest BCUT2D eigenvalue weighted by atomic mass is 79.9. The first-order valence-corrected chi connectivity index (χ1v) is 7.31. The molecule has 1 aromatic carbocycles. The molecule has 1 aromatic rings. The number of carbonyl (C=O) groups is 2. The monoisotopic (exact) mass is 337 g/mol. The molecule has 20 heavy (non-hydrogen) atoms. The minimum absolute atomic E-state index is 0.126. The molecule has 106 valence electrons. The number of hydrogen-bond donors (Lipinski definition) is 1. The number of benzene rings is 1. The molecule has 1 saturated heterocycles. The number of piperidine rings is 1. The maximum Gasteiger partial charge on any atom is 0.308 e. The average Bonchev–Trinajstić information content (AvgIpc) is 2.46. The van der Waals surface area contributed by atoms with Gasteiger partial charge in [0, 0.05) is 23.6 Å². The Balaban J connectivity index is 1.97. The van der Waals surface area contributed by atoms with Gasteiger partial charge in [0.15, 0.2) is 0 Å². The van der Waals surface area contributed by atoms with Crippen molar-refractivity contribution in [2.24, 2.45) is 5.92 Å². The first kappa shape index (κ1) is 14.8. The van der Waals surface area contributed by atoms with Gasteiger partial charge in [-0.3, -0.25) is 9.59 Å². The van der Waals surface area contributed by atoms with E-state index in [1.807, 2.05) is 24.3 Å². The van der Waals surface area contributed by atoms with Crippen molar-refractivity contribution in [1.82, 2.24) is 4.90 Å². The first-order chi connectivity index (χ1) is 9.56. The van der Waals surface area contributed by atoms with Crippen molar-refractivity contribution in [2.45, 2.75) is 12.8 Å². The second-order valence-electron chi connectivity index (χ2n) is 4.85. The minimum atomic E-state index is -0.820. The molecule has 0 radical (unpaired) electrons. The van der Waals surface area contributed by atoms with Crippen LogP contribution in [0.15, 0.2) is 34.8 Å². The summed E-state index contributed by atoms with van der Waals surface area (Å²) in [7, 11) is 0. The van der Waals surface area contributed by atoms with E-state index in [4.69, 9.17) is 5.11 Å². The molecule has 5 heteroatoms. The van der Waals surface area contributed by atoms with E-state index in [-0.39, 0.29) is 5.91 Å². The van der Waals surface area contributed by atoms with Crippen LogP contribution in [0, 0.1) is 5.92 Å². The van der Waals surface area contributed by atoms with Crippen LogP contribution in [0.4, 0.5) is 0 Å². The number of likely N-dealkylation sites (tertiary alicyclic amines) is 1. The zero-order valence-electron chi connectivity index (χ0n) is 11.0. The van der Waals surface area contributed by atoms with Gasteiger partial charge in [0.05, 0.1) is 5.92 Å². The highest BCUT2D eigenvalue weighted by Crippen LogP contribution is 2.17. The maximum absolute atomic E-state index is 12.0. The van der Waals surface area contributed by atoms with Crippen LogP contribution < -0.4 is 0 Å². The fourth-order valence-electron chi connectivity index (χ4n) is 2.23. The molecule has 1 aliphatic heterocycles. The van der Waals surface area contributed by atoms with Gasteiger partial charge in [0.25, 0.3) is 0 Å². The summed E-state index contributed by atoms with van der Waals surface area (Å²) < 4.78 is 0.987. The van der Waals surface area contributed by atoms with Crippen LogP contribution in [0.1, 0.15) is 18.4 Å². The molecule has 1 aliphatic rings. The predicted molar refractivity (Wildman–Crippen MR) is 80.1 cm³/mol. The summed E-state index contributed by atoms with van der Waals surface area (Å²) in [5, 5.41) is 9.01. The van der Waals surface area contributed by atoms with Gasteiger partial charge in [-0.1, -0.05) is 28.1 Å². The second kappa shape index (κ2) is 6.70. The number of rotatable bonds is 3. The Bertz CT molecular complexity index is 524. The molecule has 1 heterocycles. The zero-order chi connectivity index (χ0) is 14.5. The molecular formula is C15H16BrNO3. The normalized spacial score (nSPS) is 19.2. The highest BCUT2D eigenvalue weighted by Gasteiger charge is 2.26. The Hall–Kier alpha value is -1.62. The fraction of sp³-hybridized carbons (Fsp3) is 0.333. The molecule has 1 N–H and O–H groups in total. The number of carboxylic acid groups (broad SMARTS) is 1. The highest BCUT2D eigenvalue weighted by molar-refractivity contribution is 9.10. The lowest BCUT2D eigenvalue weighted by Crippen LogP contribution is -2.41. The van der Waals surface area contributed by atoms with Crippen LogP contribution in [-0.2, 0) is 9.59 Å². The fourth-order valence-corrected chi connectivity index (χ4v) is 2.49. The molecule has 0 aliphatic carbocycles. The van der Waals surface area contributed by atoms with E-state index in [0.29, 0.717) is 19.5 Å². The average molecular weight is 338 g/mol. The lowest BCUT2D eigenvalue weighted by Gasteiger charge is -2.29. The van der Waals surface area contributed by atoms with Crippen LogP contribution in [-0.4, -0.2) is 35.0 Å². The van der Waals surface area contributed by atoms with Gasteiger partial charge in [-0.15, -0.1) is 0 Å². The third-order valence-corrected chi connectivity index (χ3v) is 3.90. The molecule has 0 spiro atoms. The third-order valence-electron chi connectivity index (χ3n) is 3.37. The van der Waals surface area contributed by atoms with Crippen LogP contribution in [0.2, 0.25) is 0 Å². The Morgan fingerprint density at radius 1 is 1.30 bits per heavy atom. The molecule has 2 rings (SSSR count). The molecule has 1 atom stereocenters. The van der Waals surface area contributed by atoms with Crippen molar-refractivity contribution in [2.75, 3.05) is 13.1 Å². The van der Waals surface area contributed by atoms with Crippen LogP contribution >= 0.6 is 15.9 Å². The van der Waals surface area contributed by atoms with E-state index < -0.39 is 11.9 Å². The minimum Gasteiger partial charge on any atom is -0.481 e. The van der Waals surface area contributed by atoms with E-state index in [1.165, 1.54) is 6.08 Å². The van der Waals surface area contributed by atoms with Crippen LogP contribution in [0.3, 0.4) is 0 Å². The topological polar surface area (TPSA) is 57.6 Å². The predicted octanol–water partition coefficient (Wildman–Crippen LogP) is 2.79. The van der Waals surface area contributed by atoms with Gasteiger partial charge in [-0.05, 0) is 36.6 Å². The van der Waals surface area contributed by atoms with Gasteiger partial charge in [-0.25, -0.2) is 0 Å². The molecule has 1 amide bonds. The molecule has 0 bridgehead atoms. The summed E-state index contributed by atoms with van der Waals surface area (Å²) in [6.07, 6.45) is 4.65. The van der Waals surface area contributed by atoms with Gasteiger partial charge in [0.2, 0.25) is 5.91 Å². The Kier molecular flexibility index (Phi) is 4.95. The van der Waals surface area contributed by atoms with E-state index in [9.17, 15) is 9.59 Å². The molecule has 4 nitrogen and oxygen atoms in total. The van der Waals surface area contributed by atoms with Crippen LogP contribution in [0.5, 0.6) is 0 Å². The van der Waals surface area contributed by atoms with Crippen molar-refractivity contribution in [3.8, 4) is 0 Å². The van der Waals surface area contributed by atoms with Gasteiger partial charge in [-0.2, -0.15) is 0 Å². The number of carbonyl (C=O) groups excluding carboxylic acids is 1. The molecule has 1 fully saturated rings. The summed E-state index contributed by atoms with van der Waals surface area (Å²) in [4.78, 5) is 24.6. The molecule has 0 aromatic heterocycles. The second-order valence-corrected chi connectivity index (χ2v) is 5.76. The lowest BCUT2D eigenvalue weighted by molar-refractivity contribution is -0.144. The number of hydrogen-bond acceptors (Lipinski definition) is 2. The molecular weight excluding hydrogens is 322 g/mol. The zero-order valence-corrected chi connectivity index (χ0v) is 12.5. The van der Waals surface area contributed by atoms with Crippen LogP contribution in [0.25, 0.3) is 6.08 Å². The van der Waals surface area contributed by atoms with Gasteiger partial charge >= 0.3 is 5.97 Å². The largest absolute Gasteiger partial charge is 0.481 e. The lowest BCUT2D eigenvalue weighted by atomic mass is 9.98. The Morgan fingerprint density at radius 3 is 2.65 bits per heavy atom. The van der Waals surface area contributed by atoms with Gasteiger partial charge in [0.1, 0.15) is 0 Å². The van der Waals surface area contributed by atoms with Crippen molar-refractivity contribution >= 4 is 33.9 Å². The number of nitrogens with zero attached hydrogens (tertiary/aromatic N) is 1. The third kappa shape index (κ3) is 3.93. The van der Waals surface area contributed by atoms with E-state index in [0.717, 1.165) is 16.5 Å². The summed E-state index contributed by atoms with van der Waals surface area (Å²) in [6.45, 7) is 0.937. The quantitative estimate of drug-likeness (QED) is 0.863. The Labute approximate surface area is 126 Å². The smallest absolute Gasteiger partial charge is 0.308 e. The summed E-state index contributed by atoms with van der Waals surface area (Å²) in [5.41, 5.74) is 0.938. The summed E-state index contributed by atoms with van der Waals surface area (Å²) in [6, 6.07) is 7.63. The van der Waals surface area contributed by atoms with Gasteiger partial charge < -0.3 is 10.0 Å². The SMILES string of the molecule is O=C(O)[C@@H]1CCCN(C(=O)/C=C/c2ccc(Br)cc2)C1. The van der Waals surface area contributed by atoms with Crippen molar-refractivity contribution in [3.63, 3.8) is 0 Å². The Morgan fingerprint density at radius 2 is 2.00 bits per heavy atom. The summed E-state index contributed by atoms with van der Waals surface area (Å²) in [5.74, 6) is -1.38. The molecule has 0 saturated carbocycles. The number of halogens is 1. The molecule has 0 unspecified atom stereocenters. The van der Waals surface area contributed by atoms with Crippen molar-refractivity contribution in [3.05, 3.63) is 40.4 Å². The maximum atomic E-state index is 12.0. The number of aliphatic carboxylic acids is 1. The van der Waals surface area contributed by atoms with Crippen molar-refractivity contribution < 1.29 is 14.7 Å². The number of carboxylic acids is 1. The van der Waals surface area contributed by atoms with E-state index in [2.05, 4.69) is 15.9 Å². The summed E-state index contributed by atoms with van der Waals surface area (Å²) >= 11 is 3.35. The first-order valence-electron chi connectivity index (χ1n) is 6.51. The van der Waals surface area contributed by atoms with E-state index >= 15 is 0 Å².